The van der Waals surface area contributed by atoms with Gasteiger partial charge in [0.05, 0.1) is 6.61 Å². The summed E-state index contributed by atoms with van der Waals surface area (Å²) < 4.78 is 6.11. The minimum absolute atomic E-state index is 0.122. The van der Waals surface area contributed by atoms with Gasteiger partial charge < -0.3 is 29.6 Å². The predicted octanol–water partition coefficient (Wildman–Crippen LogP) is 0.821. The van der Waals surface area contributed by atoms with E-state index in [0.717, 1.165) is 0 Å². The van der Waals surface area contributed by atoms with Gasteiger partial charge in [0.15, 0.2) is 14.6 Å². The molecule has 7 heteroatoms. The molecule has 0 saturated heterocycles. The Labute approximate surface area is 134 Å². The third-order valence-electron chi connectivity index (χ3n) is 4.44. The van der Waals surface area contributed by atoms with E-state index in [9.17, 15) is 25.2 Å². The summed E-state index contributed by atoms with van der Waals surface area (Å²) in [6.45, 7) is 12.4. The zero-order valence-electron chi connectivity index (χ0n) is 14.4. The van der Waals surface area contributed by atoms with Crippen LogP contribution >= 0.6 is 0 Å². The summed E-state index contributed by atoms with van der Waals surface area (Å²) in [5, 5.41) is 38.6. The molecule has 0 aromatic carbocycles. The van der Waals surface area contributed by atoms with Gasteiger partial charge in [0.2, 0.25) is 0 Å². The molecule has 4 N–H and O–H groups in total. The topological polar surface area (TPSA) is 107 Å². The van der Waals surface area contributed by atoms with Crippen molar-refractivity contribution in [2.75, 3.05) is 6.61 Å². The van der Waals surface area contributed by atoms with Crippen LogP contribution in [0.25, 0.3) is 0 Å². The van der Waals surface area contributed by atoms with Crippen molar-refractivity contribution in [1.29, 1.82) is 0 Å². The lowest BCUT2D eigenvalue weighted by molar-refractivity contribution is -0.136. The zero-order valence-corrected chi connectivity index (χ0v) is 15.4. The quantitative estimate of drug-likeness (QED) is 0.347. The Morgan fingerprint density at radius 1 is 0.864 bits per heavy atom. The summed E-state index contributed by atoms with van der Waals surface area (Å²) in [7, 11) is -2.19. The number of aliphatic hydroxyl groups excluding tert-OH is 4. The lowest BCUT2D eigenvalue weighted by atomic mass is 10.0. The highest BCUT2D eigenvalue weighted by molar-refractivity contribution is 6.77. The average Bonchev–Trinajstić information content (AvgIpc) is 2.43. The average molecular weight is 337 g/mol. The van der Waals surface area contributed by atoms with Crippen LogP contribution in [0.5, 0.6) is 0 Å². The van der Waals surface area contributed by atoms with Gasteiger partial charge in [-0.05, 0) is 16.6 Å². The molecule has 0 heterocycles. The van der Waals surface area contributed by atoms with E-state index in [1.807, 2.05) is 0 Å². The second-order valence-electron chi connectivity index (χ2n) is 6.80. The Kier molecular flexibility index (Phi) is 8.97. The molecule has 0 spiro atoms. The van der Waals surface area contributed by atoms with Crippen molar-refractivity contribution in [1.82, 2.24) is 0 Å². The maximum Gasteiger partial charge on any atom is 0.200 e. The highest BCUT2D eigenvalue weighted by atomic mass is 28.4. The first-order valence-corrected chi connectivity index (χ1v) is 9.97. The fourth-order valence-electron chi connectivity index (χ4n) is 3.34. The molecule has 0 aliphatic rings. The summed E-state index contributed by atoms with van der Waals surface area (Å²) >= 11 is 0. The predicted molar refractivity (Wildman–Crippen MR) is 87.1 cm³/mol. The molecule has 0 unspecified atom stereocenters. The SMILES string of the molecule is CC(C)[Si](OC[C@@H](O)[C@@H](O)[C@H](O)[C@H](O)C=O)(C(C)C)C(C)C. The number of hydrogen-bond donors (Lipinski definition) is 4. The van der Waals surface area contributed by atoms with Gasteiger partial charge in [-0.15, -0.1) is 0 Å². The highest BCUT2D eigenvalue weighted by Crippen LogP contribution is 2.42. The van der Waals surface area contributed by atoms with Crippen molar-refractivity contribution < 1.29 is 29.6 Å². The molecule has 0 amide bonds. The molecule has 0 rings (SSSR count). The fourth-order valence-corrected chi connectivity index (χ4v) is 8.80. The molecule has 4 atom stereocenters. The van der Waals surface area contributed by atoms with Crippen LogP contribution in [0.3, 0.4) is 0 Å². The number of aldehydes is 1. The molecule has 132 valence electrons. The third kappa shape index (κ3) is 4.84. The van der Waals surface area contributed by atoms with Gasteiger partial charge in [0, 0.05) is 0 Å². The van der Waals surface area contributed by atoms with E-state index in [1.165, 1.54) is 0 Å². The summed E-state index contributed by atoms with van der Waals surface area (Å²) in [5.41, 5.74) is 0.965. The van der Waals surface area contributed by atoms with Crippen molar-refractivity contribution in [2.45, 2.75) is 82.6 Å². The fraction of sp³-hybridized carbons (Fsp3) is 0.933. The van der Waals surface area contributed by atoms with Gasteiger partial charge in [-0.3, -0.25) is 0 Å². The number of carbonyl (C=O) groups is 1. The van der Waals surface area contributed by atoms with Crippen LogP contribution in [-0.2, 0) is 9.22 Å². The van der Waals surface area contributed by atoms with E-state index in [2.05, 4.69) is 41.5 Å². The number of aliphatic hydroxyl groups is 4. The largest absolute Gasteiger partial charge is 0.413 e. The maximum atomic E-state index is 10.4. The molecule has 0 radical (unpaired) electrons. The molecular formula is C15H32O6Si. The molecule has 0 bridgehead atoms. The maximum absolute atomic E-state index is 10.4. The number of rotatable bonds is 10. The zero-order chi connectivity index (χ0) is 17.7. The molecule has 0 saturated carbocycles. The number of hydrogen-bond acceptors (Lipinski definition) is 6. The molecular weight excluding hydrogens is 304 g/mol. The van der Waals surface area contributed by atoms with Crippen LogP contribution in [0.15, 0.2) is 0 Å². The van der Waals surface area contributed by atoms with Crippen molar-refractivity contribution in [3.63, 3.8) is 0 Å². The Hall–Kier alpha value is -0.313. The second-order valence-corrected chi connectivity index (χ2v) is 12.3. The first kappa shape index (κ1) is 21.7. The van der Waals surface area contributed by atoms with Crippen LogP contribution in [-0.4, -0.2) is 66.1 Å². The van der Waals surface area contributed by atoms with Gasteiger partial charge in [0.1, 0.15) is 24.4 Å². The minimum Gasteiger partial charge on any atom is -0.413 e. The summed E-state index contributed by atoms with van der Waals surface area (Å²) in [6.07, 6.45) is -6.35. The molecule has 22 heavy (non-hydrogen) atoms. The number of carbonyl (C=O) groups excluding carboxylic acids is 1. The van der Waals surface area contributed by atoms with Gasteiger partial charge in [-0.25, -0.2) is 0 Å². The Balaban J connectivity index is 4.96. The minimum atomic E-state index is -2.19. The van der Waals surface area contributed by atoms with E-state index in [0.29, 0.717) is 16.6 Å². The summed E-state index contributed by atoms with van der Waals surface area (Å²) in [5.74, 6) is 0. The first-order chi connectivity index (χ1) is 10.0. The van der Waals surface area contributed by atoms with Crippen molar-refractivity contribution in [3.05, 3.63) is 0 Å². The van der Waals surface area contributed by atoms with E-state index in [1.54, 1.807) is 0 Å². The smallest absolute Gasteiger partial charge is 0.200 e. The van der Waals surface area contributed by atoms with Crippen LogP contribution < -0.4 is 0 Å². The molecule has 0 aliphatic heterocycles. The molecule has 6 nitrogen and oxygen atoms in total. The summed E-state index contributed by atoms with van der Waals surface area (Å²) in [6, 6.07) is 0. The monoisotopic (exact) mass is 336 g/mol. The standard InChI is InChI=1S/C15H32O6Si/c1-9(2)22(10(3)4,11(5)6)21-8-13(18)15(20)14(19)12(17)7-16/h7,9-15,17-20H,8H2,1-6H3/t12-,13-,14-,15-/m1/s1. The normalized spacial score (nSPS) is 18.6. The van der Waals surface area contributed by atoms with Crippen LogP contribution in [0.1, 0.15) is 41.5 Å². The van der Waals surface area contributed by atoms with Crippen molar-refractivity contribution in [3.8, 4) is 0 Å². The molecule has 0 aromatic rings. The van der Waals surface area contributed by atoms with E-state index >= 15 is 0 Å². The highest BCUT2D eigenvalue weighted by Gasteiger charge is 2.45. The van der Waals surface area contributed by atoms with Gasteiger partial charge in [-0.2, -0.15) is 0 Å². The van der Waals surface area contributed by atoms with Gasteiger partial charge in [0.25, 0.3) is 0 Å². The van der Waals surface area contributed by atoms with Crippen LogP contribution in [0.4, 0.5) is 0 Å². The Morgan fingerprint density at radius 3 is 1.59 bits per heavy atom. The van der Waals surface area contributed by atoms with Crippen LogP contribution in [0, 0.1) is 0 Å². The molecule has 0 fully saturated rings. The second kappa shape index (κ2) is 9.10. The van der Waals surface area contributed by atoms with E-state index in [-0.39, 0.29) is 12.9 Å². The third-order valence-corrected chi connectivity index (χ3v) is 10.5. The van der Waals surface area contributed by atoms with E-state index in [4.69, 9.17) is 4.43 Å². The van der Waals surface area contributed by atoms with E-state index < -0.39 is 32.7 Å². The van der Waals surface area contributed by atoms with Gasteiger partial charge >= 0.3 is 0 Å². The van der Waals surface area contributed by atoms with Gasteiger partial charge in [-0.1, -0.05) is 41.5 Å². The Bertz CT molecular complexity index is 312. The van der Waals surface area contributed by atoms with Crippen LogP contribution in [0.2, 0.25) is 16.6 Å². The molecule has 0 aromatic heterocycles. The Morgan fingerprint density at radius 2 is 1.27 bits per heavy atom. The lowest BCUT2D eigenvalue weighted by Gasteiger charge is -2.43. The van der Waals surface area contributed by atoms with Crippen molar-refractivity contribution in [2.24, 2.45) is 0 Å². The summed E-state index contributed by atoms with van der Waals surface area (Å²) in [4.78, 5) is 10.4. The van der Waals surface area contributed by atoms with Crippen molar-refractivity contribution >= 4 is 14.6 Å². The first-order valence-electron chi connectivity index (χ1n) is 7.83. The molecule has 0 aliphatic carbocycles. The lowest BCUT2D eigenvalue weighted by Crippen LogP contribution is -2.52.